The Kier molecular flexibility index (Phi) is 5.80. The van der Waals surface area contributed by atoms with Gasteiger partial charge in [0.2, 0.25) is 0 Å². The molecule has 2 saturated carbocycles. The third-order valence-electron chi connectivity index (χ3n) is 8.28. The Morgan fingerprint density at radius 2 is 1.97 bits per heavy atom. The Morgan fingerprint density at radius 1 is 1.28 bits per heavy atom. The fourth-order valence-corrected chi connectivity index (χ4v) is 7.28. The van der Waals surface area contributed by atoms with E-state index in [1.807, 2.05) is 13.8 Å². The monoisotopic (exact) mass is 426 g/mol. The summed E-state index contributed by atoms with van der Waals surface area (Å²) in [6.45, 7) is 6.31. The van der Waals surface area contributed by atoms with Gasteiger partial charge >= 0.3 is 5.97 Å². The molecule has 29 heavy (non-hydrogen) atoms. The standard InChI is InChI=1S/C22H34O6S/c1-15-14-22(11-12-28-29(5,25)26)16(13-17(15)23)7-8-18-20(2,19(24)27-4)9-6-10-21(18,22)3/h13,15,18H,6-12,14H2,1-5H3/t15?,18-,20+,21-,22-/m0/s1. The fourth-order valence-electron chi connectivity index (χ4n) is 6.90. The van der Waals surface area contributed by atoms with Crippen LogP contribution < -0.4 is 0 Å². The molecule has 0 aliphatic heterocycles. The number of fused-ring (bicyclic) bond motifs is 3. The number of ketones is 1. The average Bonchev–Trinajstić information content (AvgIpc) is 2.62. The molecular weight excluding hydrogens is 392 g/mol. The molecule has 3 rings (SSSR count). The van der Waals surface area contributed by atoms with Gasteiger partial charge in [-0.3, -0.25) is 13.8 Å². The minimum Gasteiger partial charge on any atom is -0.469 e. The highest BCUT2D eigenvalue weighted by Crippen LogP contribution is 2.70. The van der Waals surface area contributed by atoms with Crippen LogP contribution in [-0.2, 0) is 28.6 Å². The average molecular weight is 427 g/mol. The van der Waals surface area contributed by atoms with Gasteiger partial charge in [-0.2, -0.15) is 8.42 Å². The summed E-state index contributed by atoms with van der Waals surface area (Å²) in [5, 5.41) is 0. The summed E-state index contributed by atoms with van der Waals surface area (Å²) in [5.41, 5.74) is -0.0222. The Morgan fingerprint density at radius 3 is 2.59 bits per heavy atom. The summed E-state index contributed by atoms with van der Waals surface area (Å²) in [7, 11) is -2.09. The Bertz CT molecular complexity index is 830. The molecule has 0 aromatic heterocycles. The maximum absolute atomic E-state index is 12.8. The van der Waals surface area contributed by atoms with Crippen molar-refractivity contribution in [2.24, 2.45) is 28.1 Å². The molecule has 0 aromatic rings. The zero-order valence-corrected chi connectivity index (χ0v) is 19.1. The third kappa shape index (κ3) is 3.58. The maximum Gasteiger partial charge on any atom is 0.311 e. The van der Waals surface area contributed by atoms with E-state index in [9.17, 15) is 18.0 Å². The smallest absolute Gasteiger partial charge is 0.311 e. The van der Waals surface area contributed by atoms with Gasteiger partial charge in [0.1, 0.15) is 0 Å². The zero-order valence-electron chi connectivity index (χ0n) is 18.2. The van der Waals surface area contributed by atoms with Crippen LogP contribution in [0.25, 0.3) is 0 Å². The minimum atomic E-state index is -3.54. The predicted molar refractivity (Wildman–Crippen MR) is 110 cm³/mol. The molecule has 6 nitrogen and oxygen atoms in total. The van der Waals surface area contributed by atoms with Gasteiger partial charge in [0.05, 0.1) is 25.4 Å². The fraction of sp³-hybridized carbons (Fsp3) is 0.818. The normalized spacial score (nSPS) is 39.9. The van der Waals surface area contributed by atoms with Crippen molar-refractivity contribution in [1.82, 2.24) is 0 Å². The number of carbonyl (C=O) groups is 2. The lowest BCUT2D eigenvalue weighted by Gasteiger charge is -2.65. The van der Waals surface area contributed by atoms with Crippen molar-refractivity contribution in [2.45, 2.75) is 65.7 Å². The first-order valence-electron chi connectivity index (χ1n) is 10.6. The van der Waals surface area contributed by atoms with Gasteiger partial charge in [-0.25, -0.2) is 0 Å². The molecule has 5 atom stereocenters. The van der Waals surface area contributed by atoms with E-state index < -0.39 is 15.5 Å². The molecule has 2 fully saturated rings. The van der Waals surface area contributed by atoms with Crippen LogP contribution in [-0.4, -0.2) is 40.1 Å². The summed E-state index contributed by atoms with van der Waals surface area (Å²) < 4.78 is 33.5. The van der Waals surface area contributed by atoms with Gasteiger partial charge < -0.3 is 4.74 Å². The number of ether oxygens (including phenoxy) is 1. The van der Waals surface area contributed by atoms with Gasteiger partial charge in [-0.05, 0) is 62.9 Å². The van der Waals surface area contributed by atoms with Gasteiger partial charge in [0.25, 0.3) is 10.1 Å². The lowest BCUT2D eigenvalue weighted by atomic mass is 9.39. The molecule has 1 unspecified atom stereocenters. The van der Waals surface area contributed by atoms with Gasteiger partial charge in [0, 0.05) is 11.3 Å². The minimum absolute atomic E-state index is 0.0916. The van der Waals surface area contributed by atoms with Crippen molar-refractivity contribution in [3.63, 3.8) is 0 Å². The van der Waals surface area contributed by atoms with Gasteiger partial charge in [-0.1, -0.05) is 25.8 Å². The van der Waals surface area contributed by atoms with Gasteiger partial charge in [-0.15, -0.1) is 0 Å². The van der Waals surface area contributed by atoms with Crippen molar-refractivity contribution < 1.29 is 26.9 Å². The highest BCUT2D eigenvalue weighted by molar-refractivity contribution is 7.85. The quantitative estimate of drug-likeness (QED) is 0.493. The van der Waals surface area contributed by atoms with Crippen molar-refractivity contribution in [2.75, 3.05) is 20.0 Å². The van der Waals surface area contributed by atoms with E-state index in [0.29, 0.717) is 12.8 Å². The summed E-state index contributed by atoms with van der Waals surface area (Å²) in [5.74, 6) is -0.0255. The second-order valence-corrected chi connectivity index (χ2v) is 11.5. The van der Waals surface area contributed by atoms with E-state index in [1.165, 1.54) is 7.11 Å². The molecule has 0 amide bonds. The molecule has 3 aliphatic rings. The SMILES string of the molecule is COC(=O)[C@]1(C)CCC[C@@]2(C)[C@H]1CCC1=CC(=O)C(C)C[C@@]12CCOS(C)(=O)=O. The summed E-state index contributed by atoms with van der Waals surface area (Å²) in [6.07, 6.45) is 8.32. The first kappa shape index (κ1) is 22.5. The largest absolute Gasteiger partial charge is 0.469 e. The number of allylic oxidation sites excluding steroid dienone is 2. The number of carbonyl (C=O) groups excluding carboxylic acids is 2. The van der Waals surface area contributed by atoms with Crippen molar-refractivity contribution >= 4 is 21.9 Å². The molecule has 7 heteroatoms. The van der Waals surface area contributed by atoms with Crippen LogP contribution in [0.2, 0.25) is 0 Å². The third-order valence-corrected chi connectivity index (χ3v) is 8.87. The van der Waals surface area contributed by atoms with E-state index in [4.69, 9.17) is 8.92 Å². The van der Waals surface area contributed by atoms with Crippen molar-refractivity contribution in [1.29, 1.82) is 0 Å². The summed E-state index contributed by atoms with van der Waals surface area (Å²) >= 11 is 0. The van der Waals surface area contributed by atoms with Crippen LogP contribution in [0.3, 0.4) is 0 Å². The van der Waals surface area contributed by atoms with Crippen molar-refractivity contribution in [3.05, 3.63) is 11.6 Å². The Balaban J connectivity index is 2.08. The zero-order chi connectivity index (χ0) is 21.7. The van der Waals surface area contributed by atoms with Gasteiger partial charge in [0.15, 0.2) is 5.78 Å². The molecular formula is C22H34O6S. The first-order valence-corrected chi connectivity index (χ1v) is 12.4. The summed E-state index contributed by atoms with van der Waals surface area (Å²) in [6, 6.07) is 0. The van der Waals surface area contributed by atoms with E-state index >= 15 is 0 Å². The highest BCUT2D eigenvalue weighted by atomic mass is 32.2. The second-order valence-electron chi connectivity index (χ2n) is 9.81. The Hall–Kier alpha value is -1.21. The summed E-state index contributed by atoms with van der Waals surface area (Å²) in [4.78, 5) is 25.3. The number of hydrogen-bond acceptors (Lipinski definition) is 6. The molecule has 0 saturated heterocycles. The van der Waals surface area contributed by atoms with E-state index in [2.05, 4.69) is 6.92 Å². The van der Waals surface area contributed by atoms with Crippen LogP contribution in [0.1, 0.15) is 65.7 Å². The number of methoxy groups -OCH3 is 1. The van der Waals surface area contributed by atoms with E-state index in [-0.39, 0.29) is 41.0 Å². The Labute approximate surface area is 174 Å². The first-order chi connectivity index (χ1) is 13.4. The molecule has 3 aliphatic carbocycles. The van der Waals surface area contributed by atoms with Crippen LogP contribution in [0.15, 0.2) is 11.6 Å². The van der Waals surface area contributed by atoms with Crippen LogP contribution in [0.5, 0.6) is 0 Å². The van der Waals surface area contributed by atoms with Crippen LogP contribution in [0, 0.1) is 28.1 Å². The maximum atomic E-state index is 12.8. The topological polar surface area (TPSA) is 86.7 Å². The second kappa shape index (κ2) is 7.49. The molecule has 0 radical (unpaired) electrons. The predicted octanol–water partition coefficient (Wildman–Crippen LogP) is 3.65. The molecule has 0 aromatic carbocycles. The molecule has 0 N–H and O–H groups in total. The number of hydrogen-bond donors (Lipinski definition) is 0. The lowest BCUT2D eigenvalue weighted by Crippen LogP contribution is -2.60. The van der Waals surface area contributed by atoms with E-state index in [1.54, 1.807) is 6.08 Å². The number of rotatable bonds is 5. The molecule has 0 heterocycles. The number of esters is 1. The van der Waals surface area contributed by atoms with Crippen LogP contribution >= 0.6 is 0 Å². The van der Waals surface area contributed by atoms with Crippen LogP contribution in [0.4, 0.5) is 0 Å². The van der Waals surface area contributed by atoms with E-state index in [0.717, 1.165) is 43.9 Å². The molecule has 0 spiro atoms. The molecule has 0 bridgehead atoms. The van der Waals surface area contributed by atoms with Crippen molar-refractivity contribution in [3.8, 4) is 0 Å². The highest BCUT2D eigenvalue weighted by Gasteiger charge is 2.64. The lowest BCUT2D eigenvalue weighted by molar-refractivity contribution is -0.177. The molecule has 164 valence electrons.